The molecule has 18 heavy (non-hydrogen) atoms. The summed E-state index contributed by atoms with van der Waals surface area (Å²) in [5.74, 6) is 2.54. The third-order valence-electron chi connectivity index (χ3n) is 2.51. The molecule has 98 valence electrons. The van der Waals surface area contributed by atoms with Gasteiger partial charge in [-0.2, -0.15) is 13.2 Å². The van der Waals surface area contributed by atoms with Crippen LogP contribution in [0.15, 0.2) is 22.7 Å². The van der Waals surface area contributed by atoms with E-state index in [1.165, 1.54) is 6.07 Å². The highest BCUT2D eigenvalue weighted by molar-refractivity contribution is 9.10. The van der Waals surface area contributed by atoms with Crippen LogP contribution in [0.5, 0.6) is 0 Å². The molecule has 0 aliphatic carbocycles. The van der Waals surface area contributed by atoms with Crippen LogP contribution in [0.1, 0.15) is 25.3 Å². The van der Waals surface area contributed by atoms with Gasteiger partial charge in [0.05, 0.1) is 5.56 Å². The molecule has 0 amide bonds. The van der Waals surface area contributed by atoms with E-state index in [1.807, 2.05) is 6.92 Å². The van der Waals surface area contributed by atoms with Crippen LogP contribution in [0.4, 0.5) is 18.9 Å². The van der Waals surface area contributed by atoms with Crippen LogP contribution < -0.4 is 5.32 Å². The van der Waals surface area contributed by atoms with Crippen LogP contribution in [0.25, 0.3) is 0 Å². The lowest BCUT2D eigenvalue weighted by Gasteiger charge is -2.18. The zero-order valence-corrected chi connectivity index (χ0v) is 11.4. The molecule has 0 aliphatic rings. The predicted molar refractivity (Wildman–Crippen MR) is 70.3 cm³/mol. The van der Waals surface area contributed by atoms with Gasteiger partial charge in [-0.15, -0.1) is 12.3 Å². The standard InChI is InChI=1S/C13H13BrF3N/c1-3-5-10(4-2)18-12-7-6-9(8-11(12)14)13(15,16)17/h1,6-8,10,18H,4-5H2,2H3. The Labute approximate surface area is 113 Å². The van der Waals surface area contributed by atoms with E-state index in [4.69, 9.17) is 6.42 Å². The second-order valence-electron chi connectivity index (χ2n) is 3.85. The normalized spacial score (nSPS) is 12.9. The van der Waals surface area contributed by atoms with Gasteiger partial charge in [-0.3, -0.25) is 0 Å². The molecule has 0 fully saturated rings. The number of anilines is 1. The van der Waals surface area contributed by atoms with E-state index in [0.717, 1.165) is 18.6 Å². The van der Waals surface area contributed by atoms with E-state index < -0.39 is 11.7 Å². The van der Waals surface area contributed by atoms with Gasteiger partial charge in [0, 0.05) is 22.6 Å². The number of alkyl halides is 3. The Kier molecular flexibility index (Phi) is 5.09. The summed E-state index contributed by atoms with van der Waals surface area (Å²) < 4.78 is 37.8. The van der Waals surface area contributed by atoms with Crippen LogP contribution in [0.3, 0.4) is 0 Å². The van der Waals surface area contributed by atoms with E-state index in [9.17, 15) is 13.2 Å². The molecule has 0 radical (unpaired) electrons. The highest BCUT2D eigenvalue weighted by Crippen LogP contribution is 2.34. The van der Waals surface area contributed by atoms with Gasteiger partial charge in [0.15, 0.2) is 0 Å². The minimum Gasteiger partial charge on any atom is -0.380 e. The molecule has 0 saturated heterocycles. The highest BCUT2D eigenvalue weighted by atomic mass is 79.9. The maximum absolute atomic E-state index is 12.5. The number of rotatable bonds is 4. The minimum absolute atomic E-state index is 0.0584. The fraction of sp³-hybridized carbons (Fsp3) is 0.385. The van der Waals surface area contributed by atoms with Crippen molar-refractivity contribution in [2.24, 2.45) is 0 Å². The summed E-state index contributed by atoms with van der Waals surface area (Å²) in [5.41, 5.74) is -0.0602. The lowest BCUT2D eigenvalue weighted by atomic mass is 10.1. The molecule has 0 aliphatic heterocycles. The Morgan fingerprint density at radius 1 is 1.44 bits per heavy atom. The summed E-state index contributed by atoms with van der Waals surface area (Å²) in [4.78, 5) is 0. The lowest BCUT2D eigenvalue weighted by Crippen LogP contribution is -2.18. The van der Waals surface area contributed by atoms with Crippen LogP contribution in [-0.2, 0) is 6.18 Å². The fourth-order valence-electron chi connectivity index (χ4n) is 1.47. The van der Waals surface area contributed by atoms with Crippen LogP contribution in [0.2, 0.25) is 0 Å². The lowest BCUT2D eigenvalue weighted by molar-refractivity contribution is -0.137. The molecule has 0 saturated carbocycles. The Balaban J connectivity index is 2.90. The third kappa shape index (κ3) is 3.95. The van der Waals surface area contributed by atoms with Crippen LogP contribution in [-0.4, -0.2) is 6.04 Å². The number of terminal acetylenes is 1. The Morgan fingerprint density at radius 2 is 2.11 bits per heavy atom. The number of hydrogen-bond donors (Lipinski definition) is 1. The van der Waals surface area contributed by atoms with E-state index in [1.54, 1.807) is 0 Å². The largest absolute Gasteiger partial charge is 0.416 e. The smallest absolute Gasteiger partial charge is 0.380 e. The van der Waals surface area contributed by atoms with E-state index in [2.05, 4.69) is 27.2 Å². The van der Waals surface area contributed by atoms with E-state index in [0.29, 0.717) is 16.6 Å². The van der Waals surface area contributed by atoms with Gasteiger partial charge in [0.1, 0.15) is 0 Å². The number of hydrogen-bond acceptors (Lipinski definition) is 1. The van der Waals surface area contributed by atoms with Gasteiger partial charge >= 0.3 is 6.18 Å². The zero-order valence-electron chi connectivity index (χ0n) is 9.81. The molecule has 0 aromatic heterocycles. The first-order valence-corrected chi connectivity index (χ1v) is 6.24. The van der Waals surface area contributed by atoms with Crippen molar-refractivity contribution in [3.63, 3.8) is 0 Å². The maximum atomic E-state index is 12.5. The van der Waals surface area contributed by atoms with Gasteiger partial charge in [-0.05, 0) is 40.5 Å². The SMILES string of the molecule is C#CCC(CC)Nc1ccc(C(F)(F)F)cc1Br. The van der Waals surface area contributed by atoms with Gasteiger partial charge in [-0.25, -0.2) is 0 Å². The van der Waals surface area contributed by atoms with Gasteiger partial charge < -0.3 is 5.32 Å². The topological polar surface area (TPSA) is 12.0 Å². The van der Waals surface area contributed by atoms with Crippen molar-refractivity contribution < 1.29 is 13.2 Å². The van der Waals surface area contributed by atoms with Crippen molar-refractivity contribution in [2.45, 2.75) is 32.0 Å². The summed E-state index contributed by atoms with van der Waals surface area (Å²) >= 11 is 3.13. The summed E-state index contributed by atoms with van der Waals surface area (Å²) in [6, 6.07) is 3.58. The fourth-order valence-corrected chi connectivity index (χ4v) is 1.96. The summed E-state index contributed by atoms with van der Waals surface area (Å²) in [6.07, 6.45) is 2.23. The predicted octanol–water partition coefficient (Wildman–Crippen LogP) is 4.68. The first-order valence-electron chi connectivity index (χ1n) is 5.45. The Hall–Kier alpha value is -1.15. The molecule has 5 heteroatoms. The van der Waals surface area contributed by atoms with Crippen molar-refractivity contribution in [3.8, 4) is 12.3 Å². The molecule has 0 spiro atoms. The van der Waals surface area contributed by atoms with Crippen molar-refractivity contribution in [3.05, 3.63) is 28.2 Å². The molecular formula is C13H13BrF3N. The van der Waals surface area contributed by atoms with Crippen LogP contribution in [0, 0.1) is 12.3 Å². The molecule has 1 unspecified atom stereocenters. The van der Waals surface area contributed by atoms with Crippen molar-refractivity contribution in [2.75, 3.05) is 5.32 Å². The third-order valence-corrected chi connectivity index (χ3v) is 3.17. The quantitative estimate of drug-likeness (QED) is 0.794. The molecule has 1 aromatic carbocycles. The van der Waals surface area contributed by atoms with Crippen LogP contribution >= 0.6 is 15.9 Å². The maximum Gasteiger partial charge on any atom is 0.416 e. The number of nitrogens with one attached hydrogen (secondary N) is 1. The minimum atomic E-state index is -4.33. The summed E-state index contributed by atoms with van der Waals surface area (Å²) in [5, 5.41) is 3.12. The van der Waals surface area contributed by atoms with Crippen molar-refractivity contribution >= 4 is 21.6 Å². The first-order chi connectivity index (χ1) is 8.38. The average molecular weight is 320 g/mol. The highest BCUT2D eigenvalue weighted by Gasteiger charge is 2.30. The van der Waals surface area contributed by atoms with Gasteiger partial charge in [0.25, 0.3) is 0 Å². The Bertz CT molecular complexity index is 449. The van der Waals surface area contributed by atoms with E-state index >= 15 is 0 Å². The summed E-state index contributed by atoms with van der Waals surface area (Å²) in [7, 11) is 0. The number of halogens is 4. The van der Waals surface area contributed by atoms with E-state index in [-0.39, 0.29) is 6.04 Å². The van der Waals surface area contributed by atoms with Crippen molar-refractivity contribution in [1.82, 2.24) is 0 Å². The Morgan fingerprint density at radius 3 is 2.56 bits per heavy atom. The molecule has 0 heterocycles. The molecule has 0 bridgehead atoms. The monoisotopic (exact) mass is 319 g/mol. The van der Waals surface area contributed by atoms with Gasteiger partial charge in [-0.1, -0.05) is 6.92 Å². The molecule has 1 rings (SSSR count). The molecule has 1 nitrogen and oxygen atoms in total. The summed E-state index contributed by atoms with van der Waals surface area (Å²) in [6.45, 7) is 1.97. The average Bonchev–Trinajstić information content (AvgIpc) is 2.29. The van der Waals surface area contributed by atoms with Gasteiger partial charge in [0.2, 0.25) is 0 Å². The molecule has 1 aromatic rings. The molecule has 1 atom stereocenters. The first kappa shape index (κ1) is 14.9. The second kappa shape index (κ2) is 6.14. The van der Waals surface area contributed by atoms with Crippen molar-refractivity contribution in [1.29, 1.82) is 0 Å². The zero-order chi connectivity index (χ0) is 13.8. The molecular weight excluding hydrogens is 307 g/mol. The molecule has 1 N–H and O–H groups in total. The number of benzene rings is 1. The second-order valence-corrected chi connectivity index (χ2v) is 4.70.